The van der Waals surface area contributed by atoms with Crippen LogP contribution in [0.3, 0.4) is 0 Å². The van der Waals surface area contributed by atoms with Crippen molar-refractivity contribution < 1.29 is 19.4 Å². The number of carbonyl (C=O) groups excluding carboxylic acids is 1. The first kappa shape index (κ1) is 17.7. The predicted molar refractivity (Wildman–Crippen MR) is 73.1 cm³/mol. The van der Waals surface area contributed by atoms with E-state index in [4.69, 9.17) is 9.84 Å². The van der Waals surface area contributed by atoms with Crippen LogP contribution in [0.15, 0.2) is 0 Å². The molecule has 0 unspecified atom stereocenters. The molecule has 19 heavy (non-hydrogen) atoms. The van der Waals surface area contributed by atoms with E-state index in [1.807, 2.05) is 0 Å². The molecule has 0 aromatic heterocycles. The molecular weight excluding hydrogens is 248 g/mol. The fourth-order valence-corrected chi connectivity index (χ4v) is 1.43. The summed E-state index contributed by atoms with van der Waals surface area (Å²) in [6, 6.07) is -1.31. The van der Waals surface area contributed by atoms with Crippen molar-refractivity contribution in [1.82, 2.24) is 10.6 Å². The minimum atomic E-state index is -1.02. The van der Waals surface area contributed by atoms with Crippen LogP contribution >= 0.6 is 0 Å². The molecule has 6 heteroatoms. The SMILES string of the molecule is CCCCOCCCNC(=O)N[C@@H](C(=O)O)C(C)C. The molecule has 0 aliphatic carbocycles. The zero-order valence-electron chi connectivity index (χ0n) is 12.1. The summed E-state index contributed by atoms with van der Waals surface area (Å²) in [5, 5.41) is 14.0. The van der Waals surface area contributed by atoms with Gasteiger partial charge in [-0.2, -0.15) is 0 Å². The van der Waals surface area contributed by atoms with E-state index in [1.54, 1.807) is 13.8 Å². The number of nitrogens with one attached hydrogen (secondary N) is 2. The first-order valence-electron chi connectivity index (χ1n) is 6.84. The minimum Gasteiger partial charge on any atom is -0.480 e. The largest absolute Gasteiger partial charge is 0.480 e. The van der Waals surface area contributed by atoms with Crippen LogP contribution in [0.4, 0.5) is 4.79 Å². The summed E-state index contributed by atoms with van der Waals surface area (Å²) in [6.07, 6.45) is 2.87. The molecule has 0 saturated carbocycles. The number of hydrogen-bond donors (Lipinski definition) is 3. The van der Waals surface area contributed by atoms with Gasteiger partial charge in [0, 0.05) is 19.8 Å². The molecule has 1 atom stereocenters. The Morgan fingerprint density at radius 3 is 2.37 bits per heavy atom. The Hall–Kier alpha value is -1.30. The molecule has 0 saturated heterocycles. The van der Waals surface area contributed by atoms with Gasteiger partial charge in [0.1, 0.15) is 6.04 Å². The van der Waals surface area contributed by atoms with Crippen LogP contribution < -0.4 is 10.6 Å². The van der Waals surface area contributed by atoms with Crippen molar-refractivity contribution in [1.29, 1.82) is 0 Å². The molecule has 0 aliphatic heterocycles. The summed E-state index contributed by atoms with van der Waals surface area (Å²) < 4.78 is 5.35. The topological polar surface area (TPSA) is 87.7 Å². The van der Waals surface area contributed by atoms with Crippen LogP contribution in [-0.2, 0) is 9.53 Å². The smallest absolute Gasteiger partial charge is 0.326 e. The highest BCUT2D eigenvalue weighted by Crippen LogP contribution is 2.01. The minimum absolute atomic E-state index is 0.152. The first-order valence-corrected chi connectivity index (χ1v) is 6.84. The lowest BCUT2D eigenvalue weighted by molar-refractivity contribution is -0.140. The summed E-state index contributed by atoms with van der Waals surface area (Å²) in [5.41, 5.74) is 0. The monoisotopic (exact) mass is 274 g/mol. The second-order valence-electron chi connectivity index (χ2n) is 4.78. The van der Waals surface area contributed by atoms with Crippen molar-refractivity contribution in [2.24, 2.45) is 5.92 Å². The molecule has 0 bridgehead atoms. The average Bonchev–Trinajstić information content (AvgIpc) is 2.34. The summed E-state index contributed by atoms with van der Waals surface area (Å²) in [6.45, 7) is 7.43. The molecule has 0 aromatic carbocycles. The Balaban J connectivity index is 3.66. The number of rotatable bonds is 10. The van der Waals surface area contributed by atoms with Gasteiger partial charge in [0.2, 0.25) is 0 Å². The molecule has 0 radical (unpaired) electrons. The fourth-order valence-electron chi connectivity index (χ4n) is 1.43. The third-order valence-corrected chi connectivity index (χ3v) is 2.61. The molecule has 2 amide bonds. The van der Waals surface area contributed by atoms with Gasteiger partial charge in [0.25, 0.3) is 0 Å². The number of aliphatic carboxylic acids is 1. The van der Waals surface area contributed by atoms with E-state index < -0.39 is 18.0 Å². The van der Waals surface area contributed by atoms with Gasteiger partial charge in [0.05, 0.1) is 0 Å². The number of ether oxygens (including phenoxy) is 1. The number of unbranched alkanes of at least 4 members (excludes halogenated alkanes) is 1. The lowest BCUT2D eigenvalue weighted by Gasteiger charge is -2.18. The average molecular weight is 274 g/mol. The normalized spacial score (nSPS) is 12.2. The lowest BCUT2D eigenvalue weighted by atomic mass is 10.1. The Kier molecular flexibility index (Phi) is 9.88. The predicted octanol–water partition coefficient (Wildman–Crippen LogP) is 1.60. The maximum absolute atomic E-state index is 11.5. The number of carboxylic acids is 1. The van der Waals surface area contributed by atoms with Gasteiger partial charge in [-0.3, -0.25) is 0 Å². The van der Waals surface area contributed by atoms with Crippen molar-refractivity contribution in [2.75, 3.05) is 19.8 Å². The molecular formula is C13H26N2O4. The van der Waals surface area contributed by atoms with E-state index in [0.29, 0.717) is 13.2 Å². The molecule has 0 aliphatic rings. The number of hydrogen-bond acceptors (Lipinski definition) is 3. The Morgan fingerprint density at radius 1 is 1.21 bits per heavy atom. The van der Waals surface area contributed by atoms with Gasteiger partial charge in [-0.1, -0.05) is 27.2 Å². The summed E-state index contributed by atoms with van der Waals surface area (Å²) in [4.78, 5) is 22.4. The highest BCUT2D eigenvalue weighted by molar-refractivity contribution is 5.82. The van der Waals surface area contributed by atoms with Crippen LogP contribution in [0, 0.1) is 5.92 Å². The van der Waals surface area contributed by atoms with Crippen molar-refractivity contribution in [2.45, 2.75) is 46.1 Å². The number of amides is 2. The van der Waals surface area contributed by atoms with Crippen LogP contribution in [-0.4, -0.2) is 42.9 Å². The van der Waals surface area contributed by atoms with E-state index in [0.717, 1.165) is 25.9 Å². The zero-order chi connectivity index (χ0) is 14.7. The highest BCUT2D eigenvalue weighted by Gasteiger charge is 2.22. The van der Waals surface area contributed by atoms with Crippen LogP contribution in [0.25, 0.3) is 0 Å². The van der Waals surface area contributed by atoms with Gasteiger partial charge in [-0.05, 0) is 18.8 Å². The number of urea groups is 1. The maximum atomic E-state index is 11.5. The molecule has 0 heterocycles. The van der Waals surface area contributed by atoms with Gasteiger partial charge < -0.3 is 20.5 Å². The summed E-state index contributed by atoms with van der Waals surface area (Å²) >= 11 is 0. The number of carboxylic acid groups (broad SMARTS) is 1. The zero-order valence-corrected chi connectivity index (χ0v) is 12.1. The maximum Gasteiger partial charge on any atom is 0.326 e. The van der Waals surface area contributed by atoms with Crippen LogP contribution in [0.2, 0.25) is 0 Å². The summed E-state index contributed by atoms with van der Waals surface area (Å²) in [5.74, 6) is -1.17. The van der Waals surface area contributed by atoms with Crippen molar-refractivity contribution in [3.63, 3.8) is 0 Å². The van der Waals surface area contributed by atoms with Crippen molar-refractivity contribution in [3.05, 3.63) is 0 Å². The lowest BCUT2D eigenvalue weighted by Crippen LogP contribution is -2.48. The molecule has 112 valence electrons. The van der Waals surface area contributed by atoms with E-state index in [2.05, 4.69) is 17.6 Å². The highest BCUT2D eigenvalue weighted by atomic mass is 16.5. The summed E-state index contributed by atoms with van der Waals surface area (Å²) in [7, 11) is 0. The molecule has 0 rings (SSSR count). The second-order valence-corrected chi connectivity index (χ2v) is 4.78. The Labute approximate surface area is 114 Å². The van der Waals surface area contributed by atoms with Crippen LogP contribution in [0.1, 0.15) is 40.0 Å². The van der Waals surface area contributed by atoms with E-state index >= 15 is 0 Å². The van der Waals surface area contributed by atoms with E-state index in [1.165, 1.54) is 0 Å². The third-order valence-electron chi connectivity index (χ3n) is 2.61. The Bertz CT molecular complexity index is 269. The van der Waals surface area contributed by atoms with Gasteiger partial charge in [-0.15, -0.1) is 0 Å². The molecule has 0 fully saturated rings. The van der Waals surface area contributed by atoms with Gasteiger partial charge in [0.15, 0.2) is 0 Å². The molecule has 0 aromatic rings. The third kappa shape index (κ3) is 9.30. The first-order chi connectivity index (χ1) is 8.99. The van der Waals surface area contributed by atoms with E-state index in [-0.39, 0.29) is 5.92 Å². The number of carbonyl (C=O) groups is 2. The molecule has 6 nitrogen and oxygen atoms in total. The Morgan fingerprint density at radius 2 is 1.84 bits per heavy atom. The van der Waals surface area contributed by atoms with E-state index in [9.17, 15) is 9.59 Å². The van der Waals surface area contributed by atoms with Gasteiger partial charge >= 0.3 is 12.0 Å². The van der Waals surface area contributed by atoms with Crippen molar-refractivity contribution in [3.8, 4) is 0 Å². The second kappa shape index (κ2) is 10.6. The fraction of sp³-hybridized carbons (Fsp3) is 0.846. The van der Waals surface area contributed by atoms with Crippen molar-refractivity contribution >= 4 is 12.0 Å². The quantitative estimate of drug-likeness (QED) is 0.528. The molecule has 0 spiro atoms. The standard InChI is InChI=1S/C13H26N2O4/c1-4-5-8-19-9-6-7-14-13(18)15-11(10(2)3)12(16)17/h10-11H,4-9H2,1-3H3,(H,16,17)(H2,14,15,18)/t11-/m1/s1. The molecule has 3 N–H and O–H groups in total. The van der Waals surface area contributed by atoms with Gasteiger partial charge in [-0.25, -0.2) is 9.59 Å². The van der Waals surface area contributed by atoms with Crippen LogP contribution in [0.5, 0.6) is 0 Å².